The molecule has 2 N–H and O–H groups in total. The number of pyridine rings is 1. The van der Waals surface area contributed by atoms with Crippen LogP contribution in [0.25, 0.3) is 10.9 Å². The molecule has 0 saturated heterocycles. The highest BCUT2D eigenvalue weighted by Gasteiger charge is 2.20. The van der Waals surface area contributed by atoms with E-state index in [1.165, 1.54) is 5.69 Å². The quantitative estimate of drug-likeness (QED) is 0.796. The zero-order chi connectivity index (χ0) is 15.4. The molecule has 0 atom stereocenters. The van der Waals surface area contributed by atoms with E-state index in [2.05, 4.69) is 49.7 Å². The van der Waals surface area contributed by atoms with E-state index in [0.29, 0.717) is 12.0 Å². The lowest BCUT2D eigenvalue weighted by molar-refractivity contribution is 0.508. The van der Waals surface area contributed by atoms with E-state index in [9.17, 15) is 0 Å². The fourth-order valence-corrected chi connectivity index (χ4v) is 2.98. The van der Waals surface area contributed by atoms with Gasteiger partial charge in [-0.1, -0.05) is 27.7 Å². The number of nitrogens with zero attached hydrogens (tertiary/aromatic N) is 2. The maximum absolute atomic E-state index is 6.11. The molecule has 0 fully saturated rings. The van der Waals surface area contributed by atoms with Crippen LogP contribution >= 0.6 is 0 Å². The molecule has 0 aliphatic heterocycles. The predicted octanol–water partition coefficient (Wildman–Crippen LogP) is 4.47. The molecular formula is C18H27N3. The van der Waals surface area contributed by atoms with Crippen molar-refractivity contribution in [3.05, 3.63) is 30.5 Å². The van der Waals surface area contributed by atoms with Crippen LogP contribution in [0.2, 0.25) is 0 Å². The molecule has 3 heteroatoms. The molecule has 1 aromatic heterocycles. The summed E-state index contributed by atoms with van der Waals surface area (Å²) < 4.78 is 0. The third kappa shape index (κ3) is 3.29. The van der Waals surface area contributed by atoms with E-state index in [4.69, 9.17) is 5.73 Å². The minimum absolute atomic E-state index is 0.543. The van der Waals surface area contributed by atoms with Gasteiger partial charge in [0.25, 0.3) is 0 Å². The highest BCUT2D eigenvalue weighted by molar-refractivity contribution is 5.98. The third-order valence-corrected chi connectivity index (χ3v) is 4.04. The standard InChI is InChI=1S/C18H27N3/c1-5-14(6-2)21(12-13(3)4)17-10-9-16(19)15-8-7-11-20-18(15)17/h7-11,13-14H,5-6,12,19H2,1-4H3. The second-order valence-electron chi connectivity index (χ2n) is 6.09. The van der Waals surface area contributed by atoms with Crippen LogP contribution in [0.1, 0.15) is 40.5 Å². The molecule has 0 spiro atoms. The summed E-state index contributed by atoms with van der Waals surface area (Å²) in [4.78, 5) is 7.11. The van der Waals surface area contributed by atoms with Crippen LogP contribution in [0.4, 0.5) is 11.4 Å². The maximum atomic E-state index is 6.11. The number of anilines is 2. The molecular weight excluding hydrogens is 258 g/mol. The van der Waals surface area contributed by atoms with Crippen LogP contribution < -0.4 is 10.6 Å². The van der Waals surface area contributed by atoms with Gasteiger partial charge in [0, 0.05) is 29.9 Å². The lowest BCUT2D eigenvalue weighted by atomic mass is 10.0. The van der Waals surface area contributed by atoms with Crippen molar-refractivity contribution in [3.63, 3.8) is 0 Å². The number of nitrogen functional groups attached to an aromatic ring is 1. The molecule has 2 rings (SSSR count). The molecule has 3 nitrogen and oxygen atoms in total. The summed E-state index contributed by atoms with van der Waals surface area (Å²) in [7, 11) is 0. The number of hydrogen-bond donors (Lipinski definition) is 1. The minimum Gasteiger partial charge on any atom is -0.398 e. The normalized spacial score (nSPS) is 11.5. The van der Waals surface area contributed by atoms with Crippen molar-refractivity contribution in [1.82, 2.24) is 4.98 Å². The summed E-state index contributed by atoms with van der Waals surface area (Å²) in [5, 5.41) is 1.05. The molecule has 0 bridgehead atoms. The number of nitrogens with two attached hydrogens (primary N) is 1. The van der Waals surface area contributed by atoms with E-state index in [1.807, 2.05) is 18.3 Å². The Labute approximate surface area is 128 Å². The Hall–Kier alpha value is -1.77. The van der Waals surface area contributed by atoms with E-state index < -0.39 is 0 Å². The molecule has 1 heterocycles. The number of rotatable bonds is 6. The SMILES string of the molecule is CCC(CC)N(CC(C)C)c1ccc(N)c2cccnc12. The van der Waals surface area contributed by atoms with Crippen LogP contribution in [-0.2, 0) is 0 Å². The Bertz CT molecular complexity index is 588. The highest BCUT2D eigenvalue weighted by atomic mass is 15.2. The summed E-state index contributed by atoms with van der Waals surface area (Å²) in [6.45, 7) is 10.1. The first kappa shape index (κ1) is 15.6. The molecule has 0 radical (unpaired) electrons. The Morgan fingerprint density at radius 2 is 1.86 bits per heavy atom. The van der Waals surface area contributed by atoms with Crippen LogP contribution in [-0.4, -0.2) is 17.6 Å². The Morgan fingerprint density at radius 1 is 1.14 bits per heavy atom. The van der Waals surface area contributed by atoms with E-state index in [1.54, 1.807) is 0 Å². The van der Waals surface area contributed by atoms with Gasteiger partial charge >= 0.3 is 0 Å². The summed E-state index contributed by atoms with van der Waals surface area (Å²) >= 11 is 0. The summed E-state index contributed by atoms with van der Waals surface area (Å²) in [6.07, 6.45) is 4.13. The molecule has 0 amide bonds. The number of benzene rings is 1. The largest absolute Gasteiger partial charge is 0.398 e. The summed E-state index contributed by atoms with van der Waals surface area (Å²) in [5.74, 6) is 0.613. The minimum atomic E-state index is 0.543. The maximum Gasteiger partial charge on any atom is 0.0956 e. The molecule has 1 aromatic carbocycles. The lowest BCUT2D eigenvalue weighted by Crippen LogP contribution is -2.37. The first-order valence-electron chi connectivity index (χ1n) is 7.98. The summed E-state index contributed by atoms with van der Waals surface area (Å²) in [5.41, 5.74) is 9.14. The van der Waals surface area contributed by atoms with Gasteiger partial charge in [0.15, 0.2) is 0 Å². The Kier molecular flexibility index (Phi) is 5.05. The second kappa shape index (κ2) is 6.79. The van der Waals surface area contributed by atoms with Crippen molar-refractivity contribution in [1.29, 1.82) is 0 Å². The van der Waals surface area contributed by atoms with Crippen LogP contribution in [0.5, 0.6) is 0 Å². The monoisotopic (exact) mass is 285 g/mol. The molecule has 114 valence electrons. The van der Waals surface area contributed by atoms with Gasteiger partial charge in [-0.15, -0.1) is 0 Å². The van der Waals surface area contributed by atoms with Gasteiger partial charge in [-0.05, 0) is 43.0 Å². The molecule has 0 aliphatic carbocycles. The van der Waals surface area contributed by atoms with Gasteiger partial charge in [-0.25, -0.2) is 0 Å². The van der Waals surface area contributed by atoms with Crippen molar-refractivity contribution in [2.75, 3.05) is 17.2 Å². The second-order valence-corrected chi connectivity index (χ2v) is 6.09. The molecule has 21 heavy (non-hydrogen) atoms. The summed E-state index contributed by atoms with van der Waals surface area (Å²) in [6, 6.07) is 8.69. The van der Waals surface area contributed by atoms with Gasteiger partial charge in [0.1, 0.15) is 0 Å². The average molecular weight is 285 g/mol. The van der Waals surface area contributed by atoms with Gasteiger partial charge < -0.3 is 10.6 Å². The van der Waals surface area contributed by atoms with Gasteiger partial charge in [-0.2, -0.15) is 0 Å². The number of fused-ring (bicyclic) bond motifs is 1. The molecule has 0 aliphatic rings. The highest BCUT2D eigenvalue weighted by Crippen LogP contribution is 2.32. The van der Waals surface area contributed by atoms with E-state index in [-0.39, 0.29) is 0 Å². The fraction of sp³-hybridized carbons (Fsp3) is 0.500. The average Bonchev–Trinajstić information content (AvgIpc) is 2.48. The topological polar surface area (TPSA) is 42.1 Å². The van der Waals surface area contributed by atoms with Crippen molar-refractivity contribution in [3.8, 4) is 0 Å². The zero-order valence-corrected chi connectivity index (χ0v) is 13.6. The predicted molar refractivity (Wildman–Crippen MR) is 92.7 cm³/mol. The van der Waals surface area contributed by atoms with Crippen molar-refractivity contribution in [2.24, 2.45) is 5.92 Å². The Balaban J connectivity index is 2.56. The van der Waals surface area contributed by atoms with Crippen molar-refractivity contribution in [2.45, 2.75) is 46.6 Å². The van der Waals surface area contributed by atoms with Gasteiger partial charge in [0.05, 0.1) is 11.2 Å². The van der Waals surface area contributed by atoms with Crippen LogP contribution in [0.15, 0.2) is 30.5 Å². The molecule has 0 saturated carbocycles. The van der Waals surface area contributed by atoms with E-state index in [0.717, 1.165) is 36.0 Å². The first-order valence-corrected chi connectivity index (χ1v) is 7.98. The van der Waals surface area contributed by atoms with Gasteiger partial charge in [0.2, 0.25) is 0 Å². The third-order valence-electron chi connectivity index (χ3n) is 4.04. The van der Waals surface area contributed by atoms with E-state index >= 15 is 0 Å². The molecule has 2 aromatic rings. The van der Waals surface area contributed by atoms with Gasteiger partial charge in [-0.3, -0.25) is 4.98 Å². The number of aromatic nitrogens is 1. The first-order chi connectivity index (χ1) is 10.1. The zero-order valence-electron chi connectivity index (χ0n) is 13.6. The smallest absolute Gasteiger partial charge is 0.0956 e. The fourth-order valence-electron chi connectivity index (χ4n) is 2.98. The Morgan fingerprint density at radius 3 is 2.48 bits per heavy atom. The van der Waals surface area contributed by atoms with Crippen LogP contribution in [0, 0.1) is 5.92 Å². The number of hydrogen-bond acceptors (Lipinski definition) is 3. The molecule has 0 unspecified atom stereocenters. The lowest BCUT2D eigenvalue weighted by Gasteiger charge is -2.34. The van der Waals surface area contributed by atoms with Crippen molar-refractivity contribution >= 4 is 22.3 Å². The van der Waals surface area contributed by atoms with Crippen LogP contribution in [0.3, 0.4) is 0 Å². The van der Waals surface area contributed by atoms with Crippen molar-refractivity contribution < 1.29 is 0 Å².